The van der Waals surface area contributed by atoms with Gasteiger partial charge in [-0.15, -0.1) is 0 Å². The highest BCUT2D eigenvalue weighted by Crippen LogP contribution is 2.32. The fourth-order valence-corrected chi connectivity index (χ4v) is 4.06. The molecule has 0 aliphatic carbocycles. The molecular weight excluding hydrogens is 376 g/mol. The van der Waals surface area contributed by atoms with E-state index < -0.39 is 0 Å². The predicted octanol–water partition coefficient (Wildman–Crippen LogP) is 4.37. The average molecular weight is 411 g/mol. The molecule has 2 aromatic rings. The number of benzene rings is 2. The van der Waals surface area contributed by atoms with Crippen molar-refractivity contribution in [3.63, 3.8) is 0 Å². The Kier molecular flexibility index (Phi) is 8.29. The Labute approximate surface area is 180 Å². The van der Waals surface area contributed by atoms with Gasteiger partial charge in [-0.05, 0) is 57.0 Å². The standard InChI is InChI=1S/C25H34N2O3/c1-19(2)27(22-11-7-14-26-18-22)25(28)21-12-13-23(20-9-5-4-6-10-20)24(17-21)30-16-8-15-29-3/h4-6,9-10,12-13,17,19,22,26H,7-8,11,14-16,18H2,1-3H3/t22-/m1/s1. The van der Waals surface area contributed by atoms with Crippen molar-refractivity contribution in [1.29, 1.82) is 0 Å². The largest absolute Gasteiger partial charge is 0.493 e. The van der Waals surface area contributed by atoms with Crippen molar-refractivity contribution < 1.29 is 14.3 Å². The molecule has 1 amide bonds. The van der Waals surface area contributed by atoms with E-state index in [0.717, 1.165) is 49.2 Å². The maximum absolute atomic E-state index is 13.5. The van der Waals surface area contributed by atoms with Crippen LogP contribution in [-0.2, 0) is 4.74 Å². The van der Waals surface area contributed by atoms with Gasteiger partial charge in [-0.3, -0.25) is 4.79 Å². The lowest BCUT2D eigenvalue weighted by molar-refractivity contribution is 0.0573. The highest BCUT2D eigenvalue weighted by atomic mass is 16.5. The zero-order chi connectivity index (χ0) is 21.3. The number of nitrogens with zero attached hydrogens (tertiary/aromatic N) is 1. The number of rotatable bonds is 9. The fourth-order valence-electron chi connectivity index (χ4n) is 4.06. The first kappa shape index (κ1) is 22.3. The molecular formula is C25H34N2O3. The Morgan fingerprint density at radius 3 is 2.63 bits per heavy atom. The zero-order valence-electron chi connectivity index (χ0n) is 18.4. The first-order valence-corrected chi connectivity index (χ1v) is 11.0. The zero-order valence-corrected chi connectivity index (χ0v) is 18.4. The lowest BCUT2D eigenvalue weighted by atomic mass is 9.99. The summed E-state index contributed by atoms with van der Waals surface area (Å²) in [4.78, 5) is 15.5. The van der Waals surface area contributed by atoms with Crippen molar-refractivity contribution in [1.82, 2.24) is 10.2 Å². The average Bonchev–Trinajstić information content (AvgIpc) is 2.78. The second-order valence-electron chi connectivity index (χ2n) is 8.08. The number of hydrogen-bond donors (Lipinski definition) is 1. The van der Waals surface area contributed by atoms with E-state index in [9.17, 15) is 4.79 Å². The van der Waals surface area contributed by atoms with Crippen LogP contribution in [0.1, 0.15) is 43.5 Å². The number of piperidine rings is 1. The molecule has 2 aromatic carbocycles. The number of carbonyl (C=O) groups excluding carboxylic acids is 1. The monoisotopic (exact) mass is 410 g/mol. The number of carbonyl (C=O) groups is 1. The van der Waals surface area contributed by atoms with Crippen molar-refractivity contribution in [2.75, 3.05) is 33.4 Å². The van der Waals surface area contributed by atoms with Crippen LogP contribution in [0.5, 0.6) is 5.75 Å². The van der Waals surface area contributed by atoms with Crippen LogP contribution in [0.15, 0.2) is 48.5 Å². The van der Waals surface area contributed by atoms with Gasteiger partial charge in [0.25, 0.3) is 5.91 Å². The molecule has 1 heterocycles. The van der Waals surface area contributed by atoms with Crippen LogP contribution in [0, 0.1) is 0 Å². The van der Waals surface area contributed by atoms with Crippen LogP contribution in [0.25, 0.3) is 11.1 Å². The molecule has 30 heavy (non-hydrogen) atoms. The van der Waals surface area contributed by atoms with Crippen molar-refractivity contribution in [3.05, 3.63) is 54.1 Å². The summed E-state index contributed by atoms with van der Waals surface area (Å²) in [6, 6.07) is 16.4. The van der Waals surface area contributed by atoms with E-state index in [1.165, 1.54) is 0 Å². The second-order valence-corrected chi connectivity index (χ2v) is 8.08. The van der Waals surface area contributed by atoms with E-state index in [1.54, 1.807) is 7.11 Å². The summed E-state index contributed by atoms with van der Waals surface area (Å²) in [7, 11) is 1.69. The summed E-state index contributed by atoms with van der Waals surface area (Å²) in [5.41, 5.74) is 2.76. The highest BCUT2D eigenvalue weighted by molar-refractivity contribution is 5.96. The SMILES string of the molecule is COCCCOc1cc(C(=O)N(C(C)C)[C@@H]2CCCNC2)ccc1-c1ccccc1. The number of hydrogen-bond acceptors (Lipinski definition) is 4. The third-order valence-electron chi connectivity index (χ3n) is 5.52. The fraction of sp³-hybridized carbons (Fsp3) is 0.480. The third kappa shape index (κ3) is 5.61. The van der Waals surface area contributed by atoms with Gasteiger partial charge in [-0.2, -0.15) is 0 Å². The van der Waals surface area contributed by atoms with Crippen molar-refractivity contribution in [2.24, 2.45) is 0 Å². The molecule has 1 atom stereocenters. The lowest BCUT2D eigenvalue weighted by Crippen LogP contribution is -2.51. The van der Waals surface area contributed by atoms with E-state index in [0.29, 0.717) is 18.8 Å². The van der Waals surface area contributed by atoms with Gasteiger partial charge in [0, 0.05) is 49.9 Å². The predicted molar refractivity (Wildman–Crippen MR) is 121 cm³/mol. The normalized spacial score (nSPS) is 16.5. The van der Waals surface area contributed by atoms with E-state index >= 15 is 0 Å². The summed E-state index contributed by atoms with van der Waals surface area (Å²) < 4.78 is 11.2. The summed E-state index contributed by atoms with van der Waals surface area (Å²) in [6.07, 6.45) is 2.94. The van der Waals surface area contributed by atoms with Gasteiger partial charge < -0.3 is 19.7 Å². The Balaban J connectivity index is 1.88. The minimum atomic E-state index is 0.0695. The maximum atomic E-state index is 13.5. The molecule has 0 spiro atoms. The molecule has 5 nitrogen and oxygen atoms in total. The van der Waals surface area contributed by atoms with E-state index in [2.05, 4.69) is 31.3 Å². The van der Waals surface area contributed by atoms with Crippen molar-refractivity contribution in [2.45, 2.75) is 45.2 Å². The molecule has 5 heteroatoms. The first-order valence-electron chi connectivity index (χ1n) is 11.0. The second kappa shape index (κ2) is 11.1. The van der Waals surface area contributed by atoms with Gasteiger partial charge >= 0.3 is 0 Å². The van der Waals surface area contributed by atoms with E-state index in [1.807, 2.05) is 41.3 Å². The molecule has 1 aliphatic rings. The minimum Gasteiger partial charge on any atom is -0.493 e. The van der Waals surface area contributed by atoms with E-state index in [-0.39, 0.29) is 18.0 Å². The van der Waals surface area contributed by atoms with Crippen LogP contribution in [0.2, 0.25) is 0 Å². The number of methoxy groups -OCH3 is 1. The van der Waals surface area contributed by atoms with Gasteiger partial charge in [0.15, 0.2) is 0 Å². The van der Waals surface area contributed by atoms with Gasteiger partial charge in [0.1, 0.15) is 5.75 Å². The smallest absolute Gasteiger partial charge is 0.254 e. The molecule has 162 valence electrons. The molecule has 3 rings (SSSR count). The summed E-state index contributed by atoms with van der Waals surface area (Å²) >= 11 is 0. The van der Waals surface area contributed by atoms with Crippen molar-refractivity contribution in [3.8, 4) is 16.9 Å². The van der Waals surface area contributed by atoms with Crippen molar-refractivity contribution >= 4 is 5.91 Å². The van der Waals surface area contributed by atoms with Crippen LogP contribution in [0.3, 0.4) is 0 Å². The van der Waals surface area contributed by atoms with Gasteiger partial charge in [0.2, 0.25) is 0 Å². The molecule has 0 aromatic heterocycles. The van der Waals surface area contributed by atoms with Gasteiger partial charge in [-0.25, -0.2) is 0 Å². The molecule has 0 saturated carbocycles. The molecule has 1 fully saturated rings. The first-order chi connectivity index (χ1) is 14.6. The summed E-state index contributed by atoms with van der Waals surface area (Å²) in [5.74, 6) is 0.814. The topological polar surface area (TPSA) is 50.8 Å². The number of ether oxygens (including phenoxy) is 2. The van der Waals surface area contributed by atoms with Crippen LogP contribution in [0.4, 0.5) is 0 Å². The Morgan fingerprint density at radius 1 is 1.17 bits per heavy atom. The van der Waals surface area contributed by atoms with E-state index in [4.69, 9.17) is 9.47 Å². The summed E-state index contributed by atoms with van der Waals surface area (Å²) in [6.45, 7) is 7.26. The molecule has 1 aliphatic heterocycles. The Morgan fingerprint density at radius 2 is 1.97 bits per heavy atom. The molecule has 0 radical (unpaired) electrons. The molecule has 0 unspecified atom stereocenters. The van der Waals surface area contributed by atoms with Gasteiger partial charge in [-0.1, -0.05) is 30.3 Å². The van der Waals surface area contributed by atoms with Crippen LogP contribution < -0.4 is 10.1 Å². The van der Waals surface area contributed by atoms with Crippen LogP contribution in [-0.4, -0.2) is 56.3 Å². The number of nitrogens with one attached hydrogen (secondary N) is 1. The minimum absolute atomic E-state index is 0.0695. The third-order valence-corrected chi connectivity index (χ3v) is 5.52. The number of amides is 1. The Hall–Kier alpha value is -2.37. The Bertz CT molecular complexity index is 801. The highest BCUT2D eigenvalue weighted by Gasteiger charge is 2.28. The summed E-state index contributed by atoms with van der Waals surface area (Å²) in [5, 5.41) is 3.43. The maximum Gasteiger partial charge on any atom is 0.254 e. The quantitative estimate of drug-likeness (QED) is 0.624. The molecule has 1 saturated heterocycles. The van der Waals surface area contributed by atoms with Gasteiger partial charge in [0.05, 0.1) is 6.61 Å². The lowest BCUT2D eigenvalue weighted by Gasteiger charge is -2.37. The molecule has 1 N–H and O–H groups in total. The molecule has 0 bridgehead atoms. The van der Waals surface area contributed by atoms with Crippen LogP contribution >= 0.6 is 0 Å².